The molecule has 0 spiro atoms. The maximum atomic E-state index is 13.9. The number of nitrogens with one attached hydrogen (secondary N) is 1. The molecule has 0 bridgehead atoms. The molecule has 3 rings (SSSR count). The van der Waals surface area contributed by atoms with Crippen LogP contribution in [0.1, 0.15) is 82.0 Å². The number of nitriles is 1. The van der Waals surface area contributed by atoms with Gasteiger partial charge in [0, 0.05) is 53.1 Å². The van der Waals surface area contributed by atoms with E-state index in [9.17, 15) is 18.0 Å². The normalized spacial score (nSPS) is 12.2. The van der Waals surface area contributed by atoms with E-state index in [2.05, 4.69) is 27.4 Å². The standard InChI is InChI=1S/C29H39F3N4O/c1-4-24-21(3)27-25(15-14-23-28(27)22(29(30,31)32)20-26(37)34-23)36(24)19-12-10-8-6-7-9-11-17-35(5-2)18-13-16-33/h14-15,20H,4-13,17-19H2,1-3H3,(H,34,37). The summed E-state index contributed by atoms with van der Waals surface area (Å²) in [5.74, 6) is 0. The maximum absolute atomic E-state index is 13.9. The minimum atomic E-state index is -4.60. The van der Waals surface area contributed by atoms with Gasteiger partial charge in [-0.05, 0) is 57.0 Å². The monoisotopic (exact) mass is 516 g/mol. The quantitative estimate of drug-likeness (QED) is 0.228. The Labute approximate surface area is 217 Å². The number of benzene rings is 1. The smallest absolute Gasteiger partial charge is 0.344 e. The molecule has 2 aromatic heterocycles. The van der Waals surface area contributed by atoms with E-state index in [1.165, 1.54) is 19.3 Å². The number of H-pyrrole nitrogens is 1. The van der Waals surface area contributed by atoms with Gasteiger partial charge in [0.25, 0.3) is 0 Å². The zero-order valence-electron chi connectivity index (χ0n) is 22.3. The summed E-state index contributed by atoms with van der Waals surface area (Å²) in [4.78, 5) is 16.8. The highest BCUT2D eigenvalue weighted by Crippen LogP contribution is 2.39. The molecular weight excluding hydrogens is 477 g/mol. The number of nitrogens with zero attached hydrogens (tertiary/aromatic N) is 3. The number of unbranched alkanes of at least 4 members (excludes halogenated alkanes) is 6. The maximum Gasteiger partial charge on any atom is 0.417 e. The van der Waals surface area contributed by atoms with Crippen molar-refractivity contribution >= 4 is 21.8 Å². The van der Waals surface area contributed by atoms with Gasteiger partial charge in [-0.15, -0.1) is 0 Å². The fraction of sp³-hybridized carbons (Fsp3) is 0.586. The molecule has 202 valence electrons. The molecule has 0 saturated carbocycles. The summed E-state index contributed by atoms with van der Waals surface area (Å²) in [5.41, 5.74) is 1.33. The fourth-order valence-corrected chi connectivity index (χ4v) is 5.50. The number of fused-ring (bicyclic) bond motifs is 3. The van der Waals surface area contributed by atoms with Gasteiger partial charge in [-0.3, -0.25) is 4.79 Å². The van der Waals surface area contributed by atoms with E-state index >= 15 is 0 Å². The fourth-order valence-electron chi connectivity index (χ4n) is 5.50. The number of halogens is 3. The van der Waals surface area contributed by atoms with Crippen molar-refractivity contribution < 1.29 is 13.2 Å². The number of aryl methyl sites for hydroxylation is 2. The van der Waals surface area contributed by atoms with Gasteiger partial charge >= 0.3 is 6.18 Å². The Hall–Kier alpha value is -2.79. The second-order valence-corrected chi connectivity index (χ2v) is 9.82. The van der Waals surface area contributed by atoms with E-state index in [4.69, 9.17) is 5.26 Å². The minimum absolute atomic E-state index is 0.0878. The lowest BCUT2D eigenvalue weighted by molar-refractivity contribution is -0.136. The third kappa shape index (κ3) is 6.95. The first kappa shape index (κ1) is 28.8. The molecule has 3 aromatic rings. The molecule has 1 aromatic carbocycles. The summed E-state index contributed by atoms with van der Waals surface area (Å²) in [7, 11) is 0. The van der Waals surface area contributed by atoms with Crippen molar-refractivity contribution in [3.63, 3.8) is 0 Å². The van der Waals surface area contributed by atoms with E-state index in [1.54, 1.807) is 6.07 Å². The summed E-state index contributed by atoms with van der Waals surface area (Å²) < 4.78 is 43.8. The summed E-state index contributed by atoms with van der Waals surface area (Å²) in [6.45, 7) is 9.72. The van der Waals surface area contributed by atoms with E-state index in [1.807, 2.05) is 19.9 Å². The Balaban J connectivity index is 1.63. The van der Waals surface area contributed by atoms with Gasteiger partial charge < -0.3 is 14.5 Å². The highest BCUT2D eigenvalue weighted by Gasteiger charge is 2.34. The molecule has 37 heavy (non-hydrogen) atoms. The molecule has 0 aliphatic heterocycles. The number of aromatic amines is 1. The molecule has 0 aliphatic carbocycles. The molecule has 0 unspecified atom stereocenters. The highest BCUT2D eigenvalue weighted by atomic mass is 19.4. The van der Waals surface area contributed by atoms with Crippen LogP contribution in [0.25, 0.3) is 21.8 Å². The minimum Gasteiger partial charge on any atom is -0.344 e. The lowest BCUT2D eigenvalue weighted by Crippen LogP contribution is -2.25. The predicted octanol–water partition coefficient (Wildman–Crippen LogP) is 7.34. The van der Waals surface area contributed by atoms with Crippen LogP contribution in [-0.4, -0.2) is 34.1 Å². The van der Waals surface area contributed by atoms with Crippen molar-refractivity contribution in [3.8, 4) is 6.07 Å². The molecule has 1 N–H and O–H groups in total. The average molecular weight is 517 g/mol. The third-order valence-corrected chi connectivity index (χ3v) is 7.39. The van der Waals surface area contributed by atoms with Crippen LogP contribution in [0.3, 0.4) is 0 Å². The molecule has 0 amide bonds. The Morgan fingerprint density at radius 3 is 2.30 bits per heavy atom. The summed E-state index contributed by atoms with van der Waals surface area (Å²) >= 11 is 0. The van der Waals surface area contributed by atoms with Crippen molar-refractivity contribution in [2.45, 2.75) is 91.3 Å². The Morgan fingerprint density at radius 1 is 1.00 bits per heavy atom. The number of pyridine rings is 1. The van der Waals surface area contributed by atoms with Crippen LogP contribution in [0.5, 0.6) is 0 Å². The molecule has 0 saturated heterocycles. The summed E-state index contributed by atoms with van der Waals surface area (Å²) in [5, 5.41) is 9.42. The van der Waals surface area contributed by atoms with Crippen LogP contribution in [-0.2, 0) is 19.1 Å². The first-order valence-corrected chi connectivity index (χ1v) is 13.6. The average Bonchev–Trinajstić information content (AvgIpc) is 3.14. The topological polar surface area (TPSA) is 64.8 Å². The molecule has 0 radical (unpaired) electrons. The molecule has 0 fully saturated rings. The summed E-state index contributed by atoms with van der Waals surface area (Å²) in [6.07, 6.45) is 4.66. The second-order valence-electron chi connectivity index (χ2n) is 9.82. The van der Waals surface area contributed by atoms with Crippen molar-refractivity contribution in [3.05, 3.63) is 45.4 Å². The Kier molecular flexibility index (Phi) is 10.2. The zero-order valence-corrected chi connectivity index (χ0v) is 22.3. The number of hydrogen-bond donors (Lipinski definition) is 1. The molecule has 0 aliphatic rings. The van der Waals surface area contributed by atoms with E-state index < -0.39 is 17.3 Å². The zero-order chi connectivity index (χ0) is 27.0. The molecule has 8 heteroatoms. The van der Waals surface area contributed by atoms with Crippen molar-refractivity contribution in [1.82, 2.24) is 14.5 Å². The van der Waals surface area contributed by atoms with Gasteiger partial charge in [0.15, 0.2) is 0 Å². The van der Waals surface area contributed by atoms with Crippen LogP contribution >= 0.6 is 0 Å². The van der Waals surface area contributed by atoms with E-state index in [-0.39, 0.29) is 10.9 Å². The highest BCUT2D eigenvalue weighted by molar-refractivity contribution is 6.09. The third-order valence-electron chi connectivity index (χ3n) is 7.39. The van der Waals surface area contributed by atoms with Crippen molar-refractivity contribution in [2.24, 2.45) is 0 Å². The van der Waals surface area contributed by atoms with Crippen LogP contribution in [0.4, 0.5) is 13.2 Å². The van der Waals surface area contributed by atoms with Gasteiger partial charge in [-0.2, -0.15) is 18.4 Å². The second kappa shape index (κ2) is 13.1. The van der Waals surface area contributed by atoms with Crippen LogP contribution in [0, 0.1) is 18.3 Å². The van der Waals surface area contributed by atoms with E-state index in [0.29, 0.717) is 17.9 Å². The lowest BCUT2D eigenvalue weighted by Gasteiger charge is -2.18. The van der Waals surface area contributed by atoms with E-state index in [0.717, 1.165) is 75.1 Å². The number of alkyl halides is 3. The first-order chi connectivity index (χ1) is 17.7. The number of aromatic nitrogens is 2. The van der Waals surface area contributed by atoms with Gasteiger partial charge in [0.1, 0.15) is 0 Å². The number of rotatable bonds is 14. The summed E-state index contributed by atoms with van der Waals surface area (Å²) in [6, 6.07) is 6.33. The van der Waals surface area contributed by atoms with Gasteiger partial charge in [-0.1, -0.05) is 46.0 Å². The van der Waals surface area contributed by atoms with Crippen LogP contribution < -0.4 is 5.56 Å². The molecule has 0 atom stereocenters. The predicted molar refractivity (Wildman–Crippen MR) is 144 cm³/mol. The number of hydrogen-bond acceptors (Lipinski definition) is 3. The largest absolute Gasteiger partial charge is 0.417 e. The SMILES string of the molecule is CCc1c(C)c2c3c(C(F)(F)F)cc(=O)[nH]c3ccc2n1CCCCCCCCCN(CC)CCC#N. The van der Waals surface area contributed by atoms with Gasteiger partial charge in [-0.25, -0.2) is 0 Å². The van der Waals surface area contributed by atoms with Crippen LogP contribution in [0.2, 0.25) is 0 Å². The molecule has 2 heterocycles. The lowest BCUT2D eigenvalue weighted by atomic mass is 10.0. The molecular formula is C29H39F3N4O. The Morgan fingerprint density at radius 2 is 1.68 bits per heavy atom. The first-order valence-electron chi connectivity index (χ1n) is 13.6. The van der Waals surface area contributed by atoms with Crippen LogP contribution in [0.15, 0.2) is 23.0 Å². The van der Waals surface area contributed by atoms with Gasteiger partial charge in [0.2, 0.25) is 5.56 Å². The van der Waals surface area contributed by atoms with Gasteiger partial charge in [0.05, 0.1) is 11.6 Å². The van der Waals surface area contributed by atoms with Crippen molar-refractivity contribution in [1.29, 1.82) is 5.26 Å². The molecule has 5 nitrogen and oxygen atoms in total. The van der Waals surface area contributed by atoms with Crippen molar-refractivity contribution in [2.75, 3.05) is 19.6 Å². The Bertz CT molecular complexity index is 1280.